The fourth-order valence-electron chi connectivity index (χ4n) is 0.628. The monoisotopic (exact) mass is 95.1 g/mol. The van der Waals surface area contributed by atoms with Crippen molar-refractivity contribution in [1.82, 2.24) is 0 Å². The smallest absolute Gasteiger partial charge is 0.0136 e. The molecule has 0 spiro atoms. The molecule has 0 aromatic heterocycles. The zero-order valence-corrected chi connectivity index (χ0v) is 4.61. The minimum atomic E-state index is 1.09. The summed E-state index contributed by atoms with van der Waals surface area (Å²) in [4.78, 5) is 0. The summed E-state index contributed by atoms with van der Waals surface area (Å²) < 4.78 is 0. The van der Waals surface area contributed by atoms with Crippen LogP contribution in [-0.2, 0) is 0 Å². The van der Waals surface area contributed by atoms with E-state index in [0.29, 0.717) is 0 Å². The Morgan fingerprint density at radius 3 is 2.86 bits per heavy atom. The van der Waals surface area contributed by atoms with Gasteiger partial charge in [0.05, 0.1) is 0 Å². The second-order valence-electron chi connectivity index (χ2n) is 2.02. The minimum Gasteiger partial charge on any atom is -0.0810 e. The molecule has 1 aliphatic carbocycles. The van der Waals surface area contributed by atoms with Gasteiger partial charge < -0.3 is 0 Å². The summed E-state index contributed by atoms with van der Waals surface area (Å²) in [6, 6.07) is 0. The van der Waals surface area contributed by atoms with Crippen LogP contribution < -0.4 is 0 Å². The Hall–Kier alpha value is -0.260. The molecule has 1 aliphatic rings. The normalized spacial score (nSPS) is 16.4. The van der Waals surface area contributed by atoms with Gasteiger partial charge in [0.2, 0.25) is 0 Å². The van der Waals surface area contributed by atoms with Crippen LogP contribution in [0.2, 0.25) is 0 Å². The van der Waals surface area contributed by atoms with E-state index in [1.807, 2.05) is 0 Å². The van der Waals surface area contributed by atoms with Gasteiger partial charge in [-0.25, -0.2) is 0 Å². The summed E-state index contributed by atoms with van der Waals surface area (Å²) in [5.74, 6) is 0. The fraction of sp³-hybridized carbons (Fsp3) is 0.571. The Morgan fingerprint density at radius 2 is 2.43 bits per heavy atom. The Balaban J connectivity index is 1.89. The van der Waals surface area contributed by atoms with Crippen molar-refractivity contribution >= 4 is 0 Å². The number of rotatable bonds is 3. The number of unbranched alkanes of at least 4 members (excludes halogenated alkanes) is 1. The van der Waals surface area contributed by atoms with Crippen LogP contribution in [0.5, 0.6) is 0 Å². The van der Waals surface area contributed by atoms with E-state index in [1.165, 1.54) is 19.3 Å². The maximum absolute atomic E-state index is 3.76. The molecule has 0 amide bonds. The van der Waals surface area contributed by atoms with Gasteiger partial charge in [0.25, 0.3) is 0 Å². The third-order valence-corrected chi connectivity index (χ3v) is 1.24. The minimum absolute atomic E-state index is 1.09. The first-order chi connectivity index (χ1) is 3.43. The molecule has 0 N–H and O–H groups in total. The van der Waals surface area contributed by atoms with E-state index >= 15 is 0 Å². The van der Waals surface area contributed by atoms with Crippen molar-refractivity contribution in [3.05, 3.63) is 18.6 Å². The highest BCUT2D eigenvalue weighted by Gasteiger charge is 2.03. The van der Waals surface area contributed by atoms with Gasteiger partial charge in [0.1, 0.15) is 0 Å². The molecule has 0 nitrogen and oxygen atoms in total. The first kappa shape index (κ1) is 4.89. The van der Waals surface area contributed by atoms with Crippen molar-refractivity contribution in [3.8, 4) is 0 Å². The lowest BCUT2D eigenvalue weighted by atomic mass is 10.2. The molecule has 0 heterocycles. The van der Waals surface area contributed by atoms with Crippen molar-refractivity contribution in [3.63, 3.8) is 0 Å². The summed E-state index contributed by atoms with van der Waals surface area (Å²) in [5, 5.41) is 0. The maximum Gasteiger partial charge on any atom is -0.0136 e. The second-order valence-corrected chi connectivity index (χ2v) is 2.02. The lowest BCUT2D eigenvalue weighted by molar-refractivity contribution is 0.846. The summed E-state index contributed by atoms with van der Waals surface area (Å²) in [6.07, 6.45) is 7.27. The van der Waals surface area contributed by atoms with Crippen molar-refractivity contribution in [2.75, 3.05) is 0 Å². The molecule has 0 saturated carbocycles. The van der Waals surface area contributed by atoms with Gasteiger partial charge in [-0.15, -0.1) is 0 Å². The molecule has 39 valence electrons. The number of allylic oxidation sites excluding steroid dienone is 2. The Kier molecular flexibility index (Phi) is 1.50. The molecular formula is C7H11. The van der Waals surface area contributed by atoms with E-state index < -0.39 is 0 Å². The maximum atomic E-state index is 3.76. The van der Waals surface area contributed by atoms with E-state index in [-0.39, 0.29) is 0 Å². The first-order valence-electron chi connectivity index (χ1n) is 2.90. The van der Waals surface area contributed by atoms with Crippen LogP contribution in [0, 0.1) is 6.92 Å². The average molecular weight is 95.2 g/mol. The molecule has 0 atom stereocenters. The zero-order valence-electron chi connectivity index (χ0n) is 4.61. The molecule has 0 heteroatoms. The highest BCUT2D eigenvalue weighted by atomic mass is 14.1. The van der Waals surface area contributed by atoms with Gasteiger partial charge in [0.15, 0.2) is 0 Å². The second kappa shape index (κ2) is 2.15. The molecule has 0 bridgehead atoms. The van der Waals surface area contributed by atoms with Crippen LogP contribution >= 0.6 is 0 Å². The molecule has 0 unspecified atom stereocenters. The van der Waals surface area contributed by atoms with Gasteiger partial charge in [-0.3, -0.25) is 0 Å². The van der Waals surface area contributed by atoms with Crippen molar-refractivity contribution < 1.29 is 0 Å². The SMILES string of the molecule is [CH2]CCCC1=CC1. The molecule has 0 fully saturated rings. The summed E-state index contributed by atoms with van der Waals surface area (Å²) in [5.41, 5.74) is 1.64. The Labute approximate surface area is 45.2 Å². The van der Waals surface area contributed by atoms with Crippen LogP contribution in [0.25, 0.3) is 0 Å². The molecule has 1 radical (unpaired) electrons. The predicted molar refractivity (Wildman–Crippen MR) is 31.9 cm³/mol. The summed E-state index contributed by atoms with van der Waals surface area (Å²) in [7, 11) is 0. The quantitative estimate of drug-likeness (QED) is 0.472. The third kappa shape index (κ3) is 1.77. The first-order valence-corrected chi connectivity index (χ1v) is 2.90. The highest BCUT2D eigenvalue weighted by Crippen LogP contribution is 2.23. The van der Waals surface area contributed by atoms with Crippen molar-refractivity contribution in [1.29, 1.82) is 0 Å². The van der Waals surface area contributed by atoms with Crippen molar-refractivity contribution in [2.45, 2.75) is 25.7 Å². The van der Waals surface area contributed by atoms with Gasteiger partial charge in [-0.05, 0) is 19.3 Å². The standard InChI is InChI=1S/C7H11/c1-2-3-4-7-5-6-7/h5H,1-4,6H2. The van der Waals surface area contributed by atoms with E-state index in [1.54, 1.807) is 5.57 Å². The predicted octanol–water partition coefficient (Wildman–Crippen LogP) is 2.32. The Morgan fingerprint density at radius 1 is 1.71 bits per heavy atom. The summed E-state index contributed by atoms with van der Waals surface area (Å²) in [6.45, 7) is 3.76. The van der Waals surface area contributed by atoms with E-state index in [0.717, 1.165) is 6.42 Å². The molecular weight excluding hydrogens is 84.1 g/mol. The molecule has 0 aliphatic heterocycles. The van der Waals surface area contributed by atoms with Gasteiger partial charge in [-0.1, -0.05) is 25.0 Å². The van der Waals surface area contributed by atoms with Gasteiger partial charge in [-0.2, -0.15) is 0 Å². The summed E-state index contributed by atoms with van der Waals surface area (Å²) >= 11 is 0. The van der Waals surface area contributed by atoms with Crippen LogP contribution in [-0.4, -0.2) is 0 Å². The number of hydrogen-bond donors (Lipinski definition) is 0. The molecule has 0 aromatic rings. The number of hydrogen-bond acceptors (Lipinski definition) is 0. The van der Waals surface area contributed by atoms with Crippen LogP contribution in [0.3, 0.4) is 0 Å². The lowest BCUT2D eigenvalue weighted by Crippen LogP contribution is -1.66. The third-order valence-electron chi connectivity index (χ3n) is 1.24. The topological polar surface area (TPSA) is 0 Å². The zero-order chi connectivity index (χ0) is 5.11. The largest absolute Gasteiger partial charge is 0.0810 e. The van der Waals surface area contributed by atoms with Gasteiger partial charge >= 0.3 is 0 Å². The van der Waals surface area contributed by atoms with Gasteiger partial charge in [0, 0.05) is 0 Å². The lowest BCUT2D eigenvalue weighted by Gasteiger charge is -1.85. The van der Waals surface area contributed by atoms with Crippen LogP contribution in [0.1, 0.15) is 25.7 Å². The van der Waals surface area contributed by atoms with Crippen LogP contribution in [0.15, 0.2) is 11.6 Å². The molecule has 0 saturated heterocycles. The van der Waals surface area contributed by atoms with E-state index in [4.69, 9.17) is 0 Å². The molecule has 1 rings (SSSR count). The van der Waals surface area contributed by atoms with E-state index in [9.17, 15) is 0 Å². The van der Waals surface area contributed by atoms with Crippen molar-refractivity contribution in [2.24, 2.45) is 0 Å². The van der Waals surface area contributed by atoms with E-state index in [2.05, 4.69) is 13.0 Å². The fourth-order valence-corrected chi connectivity index (χ4v) is 0.628. The molecule has 0 aromatic carbocycles. The average Bonchev–Trinajstić information content (AvgIpc) is 2.42. The Bertz CT molecular complexity index is 80.0. The molecule has 7 heavy (non-hydrogen) atoms. The van der Waals surface area contributed by atoms with Crippen LogP contribution in [0.4, 0.5) is 0 Å². The highest BCUT2D eigenvalue weighted by molar-refractivity contribution is 5.21.